The number of aryl methyl sites for hydroxylation is 1. The summed E-state index contributed by atoms with van der Waals surface area (Å²) in [5, 5.41) is 3.54. The van der Waals surface area contributed by atoms with Crippen LogP contribution in [0.2, 0.25) is 0 Å². The van der Waals surface area contributed by atoms with Crippen molar-refractivity contribution in [3.63, 3.8) is 0 Å². The Morgan fingerprint density at radius 2 is 2.00 bits per heavy atom. The number of benzene rings is 2. The van der Waals surface area contributed by atoms with Crippen LogP contribution in [0.4, 0.5) is 0 Å². The molecule has 0 radical (unpaired) electrons. The average molecular weight is 380 g/mol. The maximum atomic E-state index is 12.7. The summed E-state index contributed by atoms with van der Waals surface area (Å²) >= 11 is 1.30. The van der Waals surface area contributed by atoms with Crippen molar-refractivity contribution in [3.8, 4) is 16.3 Å². The number of nitrogens with zero attached hydrogens (tertiary/aromatic N) is 1. The van der Waals surface area contributed by atoms with E-state index in [1.54, 1.807) is 14.0 Å². The monoisotopic (exact) mass is 380 g/mol. The van der Waals surface area contributed by atoms with Crippen LogP contribution in [0.3, 0.4) is 0 Å². The summed E-state index contributed by atoms with van der Waals surface area (Å²) in [6.45, 7) is 1.79. The van der Waals surface area contributed by atoms with E-state index >= 15 is 0 Å². The van der Waals surface area contributed by atoms with Gasteiger partial charge in [0.05, 0.1) is 18.8 Å². The minimum Gasteiger partial charge on any atom is -0.497 e. The zero-order valence-corrected chi connectivity index (χ0v) is 16.0. The Kier molecular flexibility index (Phi) is 5.98. The standard InChI is InChI=1S/C21H20N2O3S/c1-14-19(27-21(22-14)16-9-6-10-18(12-16)26-2)20(25)23-17(13-24)11-15-7-4-3-5-8-15/h3-10,12-13,17H,11H2,1-2H3,(H,23,25). The van der Waals surface area contributed by atoms with Gasteiger partial charge in [-0.1, -0.05) is 42.5 Å². The van der Waals surface area contributed by atoms with E-state index < -0.39 is 6.04 Å². The van der Waals surface area contributed by atoms with Gasteiger partial charge in [-0.3, -0.25) is 4.79 Å². The summed E-state index contributed by atoms with van der Waals surface area (Å²) < 4.78 is 5.24. The molecule has 138 valence electrons. The summed E-state index contributed by atoms with van der Waals surface area (Å²) in [4.78, 5) is 29.1. The molecule has 1 heterocycles. The van der Waals surface area contributed by atoms with E-state index in [0.29, 0.717) is 17.0 Å². The van der Waals surface area contributed by atoms with E-state index in [0.717, 1.165) is 28.2 Å². The van der Waals surface area contributed by atoms with Gasteiger partial charge in [0, 0.05) is 5.56 Å². The minimum atomic E-state index is -0.582. The molecular weight excluding hydrogens is 360 g/mol. The van der Waals surface area contributed by atoms with Crippen molar-refractivity contribution in [1.82, 2.24) is 10.3 Å². The molecule has 0 aliphatic heterocycles. The number of aromatic nitrogens is 1. The number of carbonyl (C=O) groups is 2. The molecule has 1 amide bonds. The first-order chi connectivity index (χ1) is 13.1. The first-order valence-corrected chi connectivity index (χ1v) is 9.34. The van der Waals surface area contributed by atoms with Crippen LogP contribution < -0.4 is 10.1 Å². The molecule has 1 N–H and O–H groups in total. The summed E-state index contributed by atoms with van der Waals surface area (Å²) in [6, 6.07) is 16.6. The zero-order chi connectivity index (χ0) is 19.2. The summed E-state index contributed by atoms with van der Waals surface area (Å²) in [5.41, 5.74) is 2.52. The Balaban J connectivity index is 1.76. The highest BCUT2D eigenvalue weighted by molar-refractivity contribution is 7.17. The van der Waals surface area contributed by atoms with Crippen LogP contribution in [-0.4, -0.2) is 30.3 Å². The summed E-state index contributed by atoms with van der Waals surface area (Å²) in [6.07, 6.45) is 1.22. The number of hydrogen-bond acceptors (Lipinski definition) is 5. The van der Waals surface area contributed by atoms with Gasteiger partial charge in [0.1, 0.15) is 21.9 Å². The Labute approximate surface area is 162 Å². The predicted octanol–water partition coefficient (Wildman–Crippen LogP) is 3.67. The first-order valence-electron chi connectivity index (χ1n) is 8.52. The largest absolute Gasteiger partial charge is 0.497 e. The SMILES string of the molecule is COc1cccc(-c2nc(C)c(C(=O)NC(C=O)Cc3ccccc3)s2)c1. The van der Waals surface area contributed by atoms with Crippen LogP contribution >= 0.6 is 11.3 Å². The van der Waals surface area contributed by atoms with Gasteiger partial charge in [-0.25, -0.2) is 4.98 Å². The van der Waals surface area contributed by atoms with Crippen molar-refractivity contribution in [2.75, 3.05) is 7.11 Å². The highest BCUT2D eigenvalue weighted by Crippen LogP contribution is 2.30. The molecule has 0 fully saturated rings. The highest BCUT2D eigenvalue weighted by atomic mass is 32.1. The molecule has 0 aliphatic carbocycles. The van der Waals surface area contributed by atoms with E-state index in [2.05, 4.69) is 10.3 Å². The second-order valence-corrected chi connectivity index (χ2v) is 7.07. The van der Waals surface area contributed by atoms with Gasteiger partial charge in [-0.2, -0.15) is 0 Å². The molecule has 0 saturated carbocycles. The topological polar surface area (TPSA) is 68.3 Å². The Morgan fingerprint density at radius 3 is 2.70 bits per heavy atom. The predicted molar refractivity (Wildman–Crippen MR) is 106 cm³/mol. The van der Waals surface area contributed by atoms with Crippen LogP contribution in [-0.2, 0) is 11.2 Å². The number of rotatable bonds is 7. The molecule has 0 saturated heterocycles. The molecule has 27 heavy (non-hydrogen) atoms. The third-order valence-corrected chi connectivity index (χ3v) is 5.30. The number of ether oxygens (including phenoxy) is 1. The number of thiazole rings is 1. The number of aldehydes is 1. The van der Waals surface area contributed by atoms with Crippen molar-refractivity contribution in [2.24, 2.45) is 0 Å². The second kappa shape index (κ2) is 8.60. The van der Waals surface area contributed by atoms with E-state index in [1.165, 1.54) is 11.3 Å². The van der Waals surface area contributed by atoms with Gasteiger partial charge < -0.3 is 14.8 Å². The number of amides is 1. The first kappa shape index (κ1) is 18.8. The van der Waals surface area contributed by atoms with Crippen LogP contribution in [0, 0.1) is 6.92 Å². The maximum absolute atomic E-state index is 12.7. The van der Waals surface area contributed by atoms with Crippen LogP contribution in [0.15, 0.2) is 54.6 Å². The normalized spacial score (nSPS) is 11.6. The van der Waals surface area contributed by atoms with Gasteiger partial charge in [0.15, 0.2) is 0 Å². The number of methoxy groups -OCH3 is 1. The van der Waals surface area contributed by atoms with Gasteiger partial charge in [-0.05, 0) is 31.0 Å². The lowest BCUT2D eigenvalue weighted by atomic mass is 10.1. The number of hydrogen-bond donors (Lipinski definition) is 1. The third kappa shape index (κ3) is 4.60. The molecule has 1 atom stereocenters. The van der Waals surface area contributed by atoms with Crippen molar-refractivity contribution in [1.29, 1.82) is 0 Å². The van der Waals surface area contributed by atoms with E-state index in [1.807, 2.05) is 54.6 Å². The molecule has 3 aromatic rings. The fourth-order valence-corrected chi connectivity index (χ4v) is 3.69. The number of carbonyl (C=O) groups excluding carboxylic acids is 2. The minimum absolute atomic E-state index is 0.285. The van der Waals surface area contributed by atoms with E-state index in [9.17, 15) is 9.59 Å². The van der Waals surface area contributed by atoms with Crippen molar-refractivity contribution >= 4 is 23.5 Å². The Bertz CT molecular complexity index is 938. The lowest BCUT2D eigenvalue weighted by Gasteiger charge is -2.12. The van der Waals surface area contributed by atoms with Gasteiger partial charge >= 0.3 is 0 Å². The van der Waals surface area contributed by atoms with Crippen molar-refractivity contribution < 1.29 is 14.3 Å². The second-order valence-electron chi connectivity index (χ2n) is 6.07. The number of nitrogens with one attached hydrogen (secondary N) is 1. The molecule has 2 aromatic carbocycles. The molecule has 1 unspecified atom stereocenters. The quantitative estimate of drug-likeness (QED) is 0.635. The summed E-state index contributed by atoms with van der Waals surface area (Å²) in [7, 11) is 1.61. The van der Waals surface area contributed by atoms with Gasteiger partial charge in [0.25, 0.3) is 5.91 Å². The van der Waals surface area contributed by atoms with Crippen LogP contribution in [0.25, 0.3) is 10.6 Å². The van der Waals surface area contributed by atoms with Gasteiger partial charge in [0.2, 0.25) is 0 Å². The zero-order valence-electron chi connectivity index (χ0n) is 15.1. The maximum Gasteiger partial charge on any atom is 0.263 e. The average Bonchev–Trinajstić information content (AvgIpc) is 3.10. The molecule has 0 aliphatic rings. The highest BCUT2D eigenvalue weighted by Gasteiger charge is 2.19. The lowest BCUT2D eigenvalue weighted by Crippen LogP contribution is -2.37. The van der Waals surface area contributed by atoms with E-state index in [4.69, 9.17) is 4.74 Å². The van der Waals surface area contributed by atoms with Gasteiger partial charge in [-0.15, -0.1) is 11.3 Å². The fourth-order valence-electron chi connectivity index (χ4n) is 2.72. The van der Waals surface area contributed by atoms with E-state index in [-0.39, 0.29) is 5.91 Å². The lowest BCUT2D eigenvalue weighted by molar-refractivity contribution is -0.109. The molecule has 3 rings (SSSR count). The molecule has 1 aromatic heterocycles. The fraction of sp³-hybridized carbons (Fsp3) is 0.190. The Hall–Kier alpha value is -2.99. The molecular formula is C21H20N2O3S. The molecule has 6 heteroatoms. The molecule has 0 bridgehead atoms. The van der Waals surface area contributed by atoms with Crippen molar-refractivity contribution in [2.45, 2.75) is 19.4 Å². The smallest absolute Gasteiger partial charge is 0.263 e. The van der Waals surface area contributed by atoms with Crippen LogP contribution in [0.1, 0.15) is 20.9 Å². The summed E-state index contributed by atoms with van der Waals surface area (Å²) in [5.74, 6) is 0.447. The Morgan fingerprint density at radius 1 is 1.22 bits per heavy atom. The van der Waals surface area contributed by atoms with Crippen LogP contribution in [0.5, 0.6) is 5.75 Å². The molecule has 0 spiro atoms. The third-order valence-electron chi connectivity index (χ3n) is 4.10. The van der Waals surface area contributed by atoms with Crippen molar-refractivity contribution in [3.05, 3.63) is 70.7 Å². The molecule has 5 nitrogen and oxygen atoms in total.